The molecule has 1 radical (unpaired) electrons. The Bertz CT molecular complexity index is 690. The first-order valence-corrected chi connectivity index (χ1v) is 8.85. The number of carbonyl (C=O) groups is 4. The van der Waals surface area contributed by atoms with E-state index in [1.165, 1.54) is 13.8 Å². The molecule has 0 atom stereocenters. The smallest absolute Gasteiger partial charge is 0.859 e. The third-order valence-corrected chi connectivity index (χ3v) is 3.15. The minimum Gasteiger partial charge on any atom is -0.859 e. The van der Waals surface area contributed by atoms with Gasteiger partial charge >= 0.3 is 40.9 Å². The monoisotopic (exact) mass is 521 g/mol. The number of rotatable bonds is 14. The predicted molar refractivity (Wildman–Crippen MR) is 108 cm³/mol. The predicted octanol–water partition coefficient (Wildman–Crippen LogP) is -3.11. The molecule has 6 N–H and O–H groups in total. The maximum Gasteiger partial charge on any atom is 2.00 e. The van der Waals surface area contributed by atoms with Crippen LogP contribution in [0.5, 0.6) is 0 Å². The van der Waals surface area contributed by atoms with Crippen molar-refractivity contribution in [3.63, 3.8) is 0 Å². The van der Waals surface area contributed by atoms with Gasteiger partial charge in [-0.1, -0.05) is 13.2 Å². The number of nitrogens with zero attached hydrogens (tertiary/aromatic N) is 2. The third kappa shape index (κ3) is 17.0. The van der Waals surface area contributed by atoms with E-state index >= 15 is 0 Å². The van der Waals surface area contributed by atoms with Crippen LogP contribution in [0, 0.1) is 0 Å². The van der Waals surface area contributed by atoms with Crippen molar-refractivity contribution < 1.29 is 66.9 Å². The Morgan fingerprint density at radius 3 is 1.15 bits per heavy atom. The number of aliphatic imine (C=N–C) groups is 2. The Hall–Kier alpha value is -3.26. The van der Waals surface area contributed by atoms with Gasteiger partial charge in [-0.25, -0.2) is 19.2 Å². The van der Waals surface area contributed by atoms with Crippen LogP contribution in [0.15, 0.2) is 34.3 Å². The molecule has 0 rings (SSSR count). The molecule has 0 aliphatic rings. The largest absolute Gasteiger partial charge is 2.00 e. The van der Waals surface area contributed by atoms with Crippen molar-refractivity contribution in [2.75, 3.05) is 26.2 Å². The quantitative estimate of drug-likeness (QED) is 0.0437. The number of nitrogens with one attached hydrogen (secondary N) is 2. The van der Waals surface area contributed by atoms with Gasteiger partial charge in [0.05, 0.1) is 13.1 Å². The van der Waals surface area contributed by atoms with Crippen molar-refractivity contribution in [2.24, 2.45) is 9.98 Å². The summed E-state index contributed by atoms with van der Waals surface area (Å²) in [6.07, 6.45) is 0. The van der Waals surface area contributed by atoms with Gasteiger partial charge < -0.3 is 30.6 Å². The maximum absolute atomic E-state index is 10.9. The van der Waals surface area contributed by atoms with E-state index in [1.54, 1.807) is 0 Å². The first kappa shape index (κ1) is 34.4. The first-order valence-electron chi connectivity index (χ1n) is 8.85. The standard InChI is InChI=1S/2C9H14N2O5.Cu/c2*1-5(2)7(12)11-4-3-10-6(8(13)14)9(15)16;/h2*6,10H,1,3-4H2,2H3,(H,11,12)(H,13,14)(H,15,16);/q;;+2/p-2. The summed E-state index contributed by atoms with van der Waals surface area (Å²) in [5, 5.41) is 60.3. The second-order valence-corrected chi connectivity index (χ2v) is 6.06. The Kier molecular flexibility index (Phi) is 19.1. The molecule has 0 aromatic rings. The van der Waals surface area contributed by atoms with E-state index in [0.29, 0.717) is 0 Å². The molecular weight excluding hydrogens is 496 g/mol. The summed E-state index contributed by atoms with van der Waals surface area (Å²) < 4.78 is 0. The van der Waals surface area contributed by atoms with E-state index in [2.05, 4.69) is 33.8 Å². The number of hydrogen-bond acceptors (Lipinski definition) is 10. The minimum absolute atomic E-state index is 0. The van der Waals surface area contributed by atoms with Gasteiger partial charge in [0.1, 0.15) is 0 Å². The van der Waals surface area contributed by atoms with E-state index in [4.69, 9.17) is 20.4 Å². The van der Waals surface area contributed by atoms with Crippen LogP contribution in [-0.4, -0.2) is 94.4 Å². The summed E-state index contributed by atoms with van der Waals surface area (Å²) in [5.74, 6) is -6.91. The van der Waals surface area contributed by atoms with Crippen LogP contribution in [0.25, 0.3) is 0 Å². The molecule has 33 heavy (non-hydrogen) atoms. The Labute approximate surface area is 199 Å². The van der Waals surface area contributed by atoms with Gasteiger partial charge in [0.25, 0.3) is 0 Å². The summed E-state index contributed by atoms with van der Waals surface area (Å²) in [7, 11) is 0. The molecule has 0 aromatic carbocycles. The van der Waals surface area contributed by atoms with Crippen molar-refractivity contribution in [3.05, 3.63) is 24.3 Å². The average Bonchev–Trinajstić information content (AvgIpc) is 2.66. The second-order valence-electron chi connectivity index (χ2n) is 6.06. The van der Waals surface area contributed by atoms with Gasteiger partial charge in [-0.05, 0) is 36.8 Å². The van der Waals surface area contributed by atoms with Crippen LogP contribution >= 0.6 is 0 Å². The first-order chi connectivity index (χ1) is 14.7. The molecule has 0 aliphatic heterocycles. The zero-order chi connectivity index (χ0) is 25.4. The molecule has 0 saturated carbocycles. The summed E-state index contributed by atoms with van der Waals surface area (Å²) in [6, 6.07) is -3.37. The fraction of sp³-hybridized carbons (Fsp3) is 0.444. The van der Waals surface area contributed by atoms with Crippen molar-refractivity contribution in [1.29, 1.82) is 0 Å². The summed E-state index contributed by atoms with van der Waals surface area (Å²) in [5.41, 5.74) is 0.543. The molecular formula is C18H26CuN4O10. The Balaban J connectivity index is -0.000000529. The summed E-state index contributed by atoms with van der Waals surface area (Å²) in [4.78, 5) is 48.7. The fourth-order valence-electron chi connectivity index (χ4n) is 1.56. The Morgan fingerprint density at radius 1 is 0.727 bits per heavy atom. The van der Waals surface area contributed by atoms with E-state index in [-0.39, 0.29) is 54.4 Å². The SMILES string of the molecule is C=C(C)C([O-])=NCCNC(C(=O)O)C(=O)O.C=C(C)C([O-])=NCCNC(C(=O)O)C(=O)O.[Cu+2]. The zero-order valence-corrected chi connectivity index (χ0v) is 18.8. The van der Waals surface area contributed by atoms with E-state index < -0.39 is 47.8 Å². The number of carboxylic acid groups (broad SMARTS) is 4. The van der Waals surface area contributed by atoms with Gasteiger partial charge in [0.15, 0.2) is 0 Å². The Morgan fingerprint density at radius 2 is 0.970 bits per heavy atom. The molecule has 0 spiro atoms. The van der Waals surface area contributed by atoms with Gasteiger partial charge in [-0.3, -0.25) is 20.6 Å². The van der Waals surface area contributed by atoms with Crippen LogP contribution < -0.4 is 20.8 Å². The number of hydrogen-bond donors (Lipinski definition) is 6. The molecule has 0 aromatic heterocycles. The maximum atomic E-state index is 10.9. The third-order valence-electron chi connectivity index (χ3n) is 3.15. The molecule has 0 heterocycles. The molecule has 189 valence electrons. The molecule has 0 saturated heterocycles. The topological polar surface area (TPSA) is 244 Å². The van der Waals surface area contributed by atoms with Crippen LogP contribution in [0.1, 0.15) is 13.8 Å². The van der Waals surface area contributed by atoms with E-state index in [9.17, 15) is 29.4 Å². The van der Waals surface area contributed by atoms with Gasteiger partial charge in [0.2, 0.25) is 12.1 Å². The molecule has 14 nitrogen and oxygen atoms in total. The van der Waals surface area contributed by atoms with Gasteiger partial charge in [-0.15, -0.1) is 0 Å². The van der Waals surface area contributed by atoms with Crippen LogP contribution in [0.2, 0.25) is 0 Å². The van der Waals surface area contributed by atoms with Crippen LogP contribution in [-0.2, 0) is 36.2 Å². The molecule has 0 fully saturated rings. The fourth-order valence-corrected chi connectivity index (χ4v) is 1.56. The normalized spacial score (nSPS) is 11.2. The second kappa shape index (κ2) is 18.3. The van der Waals surface area contributed by atoms with Crippen molar-refractivity contribution >= 4 is 35.7 Å². The van der Waals surface area contributed by atoms with Crippen molar-refractivity contribution in [2.45, 2.75) is 25.9 Å². The molecule has 0 aliphatic carbocycles. The summed E-state index contributed by atoms with van der Waals surface area (Å²) >= 11 is 0. The van der Waals surface area contributed by atoms with Gasteiger partial charge in [-0.2, -0.15) is 0 Å². The van der Waals surface area contributed by atoms with Crippen LogP contribution in [0.3, 0.4) is 0 Å². The van der Waals surface area contributed by atoms with Crippen molar-refractivity contribution in [3.8, 4) is 0 Å². The molecule has 0 bridgehead atoms. The van der Waals surface area contributed by atoms with Crippen molar-refractivity contribution in [1.82, 2.24) is 10.6 Å². The molecule has 0 unspecified atom stereocenters. The van der Waals surface area contributed by atoms with Gasteiger partial charge in [0, 0.05) is 13.1 Å². The number of carboxylic acids is 4. The van der Waals surface area contributed by atoms with E-state index in [1.807, 2.05) is 0 Å². The minimum atomic E-state index is -1.69. The molecule has 15 heteroatoms. The van der Waals surface area contributed by atoms with Crippen LogP contribution in [0.4, 0.5) is 0 Å². The number of aliphatic carboxylic acids is 4. The average molecular weight is 522 g/mol. The molecule has 0 amide bonds. The van der Waals surface area contributed by atoms with E-state index in [0.717, 1.165) is 0 Å². The summed E-state index contributed by atoms with van der Waals surface area (Å²) in [6.45, 7) is 9.72. The zero-order valence-electron chi connectivity index (χ0n) is 17.8.